The molecule has 2 heterocycles. The minimum Gasteiger partial charge on any atom is -0.277 e. The Labute approximate surface area is 128 Å². The van der Waals surface area contributed by atoms with Crippen molar-refractivity contribution in [3.05, 3.63) is 71.8 Å². The van der Waals surface area contributed by atoms with E-state index in [1.807, 2.05) is 12.2 Å². The van der Waals surface area contributed by atoms with Crippen LogP contribution in [0.15, 0.2) is 49.5 Å². The summed E-state index contributed by atoms with van der Waals surface area (Å²) in [7, 11) is 1.38. The topological polar surface area (TPSA) is 78.1 Å². The fourth-order valence-corrected chi connectivity index (χ4v) is 3.09. The van der Waals surface area contributed by atoms with Gasteiger partial charge in [-0.2, -0.15) is 0 Å². The normalized spacial score (nSPS) is 14.7. The summed E-state index contributed by atoms with van der Waals surface area (Å²) in [6.07, 6.45) is 7.11. The van der Waals surface area contributed by atoms with Gasteiger partial charge in [0, 0.05) is 12.7 Å². The van der Waals surface area contributed by atoms with Gasteiger partial charge < -0.3 is 0 Å². The first-order chi connectivity index (χ1) is 11.0. The van der Waals surface area contributed by atoms with Crippen LogP contribution in [0.1, 0.15) is 12.8 Å². The van der Waals surface area contributed by atoms with Crippen LogP contribution in [0.5, 0.6) is 0 Å². The van der Waals surface area contributed by atoms with E-state index in [1.165, 1.54) is 19.2 Å². The van der Waals surface area contributed by atoms with Gasteiger partial charge in [0.05, 0.1) is 21.5 Å². The molecule has 6 heteroatoms. The Morgan fingerprint density at radius 2 is 1.30 bits per heavy atom. The standard InChI is InChI=1S/C17H12N2O4/c1-18-14(20)10-7-12-13(8-11(10)15(18)21)17(23)19(16(12)22)9-5-3-2-4-6-9/h3,5-8H,2,4H2,1H3. The van der Waals surface area contributed by atoms with E-state index < -0.39 is 22.2 Å². The first-order valence-electron chi connectivity index (χ1n) is 7.26. The van der Waals surface area contributed by atoms with Gasteiger partial charge in [-0.25, -0.2) is 4.57 Å². The molecule has 0 amide bonds. The molecule has 1 aliphatic rings. The number of nitrogens with zero attached hydrogens (tertiary/aromatic N) is 2. The lowest BCUT2D eigenvalue weighted by atomic mass is 10.1. The molecule has 0 saturated heterocycles. The van der Waals surface area contributed by atoms with Gasteiger partial charge in [0.25, 0.3) is 22.2 Å². The van der Waals surface area contributed by atoms with E-state index in [-0.39, 0.29) is 21.5 Å². The average Bonchev–Trinajstić information content (AvgIpc) is 2.94. The van der Waals surface area contributed by atoms with E-state index in [1.54, 1.807) is 6.08 Å². The lowest BCUT2D eigenvalue weighted by Crippen LogP contribution is -2.24. The van der Waals surface area contributed by atoms with E-state index in [9.17, 15) is 19.2 Å². The van der Waals surface area contributed by atoms with Crippen LogP contribution in [0.25, 0.3) is 27.2 Å². The predicted molar refractivity (Wildman–Crippen MR) is 88.5 cm³/mol. The molecule has 0 radical (unpaired) electrons. The number of aromatic nitrogens is 2. The molecule has 114 valence electrons. The van der Waals surface area contributed by atoms with Gasteiger partial charge in [0.1, 0.15) is 0 Å². The third-order valence-electron chi connectivity index (χ3n) is 4.33. The van der Waals surface area contributed by atoms with Gasteiger partial charge in [0.15, 0.2) is 0 Å². The highest BCUT2D eigenvalue weighted by Crippen LogP contribution is 2.17. The number of hydrogen-bond donors (Lipinski definition) is 0. The molecule has 0 fully saturated rings. The first-order valence-corrected chi connectivity index (χ1v) is 7.26. The molecular formula is C17H12N2O4. The van der Waals surface area contributed by atoms with Crippen molar-refractivity contribution in [3.8, 4) is 0 Å². The van der Waals surface area contributed by atoms with E-state index in [0.29, 0.717) is 5.70 Å². The zero-order chi connectivity index (χ0) is 16.3. The summed E-state index contributed by atoms with van der Waals surface area (Å²) >= 11 is 0. The summed E-state index contributed by atoms with van der Waals surface area (Å²) in [4.78, 5) is 49.3. The summed E-state index contributed by atoms with van der Waals surface area (Å²) in [6, 6.07) is 2.73. The van der Waals surface area contributed by atoms with E-state index in [4.69, 9.17) is 0 Å². The first kappa shape index (κ1) is 13.6. The van der Waals surface area contributed by atoms with Crippen LogP contribution in [-0.2, 0) is 7.05 Å². The highest BCUT2D eigenvalue weighted by Gasteiger charge is 2.19. The van der Waals surface area contributed by atoms with Crippen molar-refractivity contribution >= 4 is 27.2 Å². The molecule has 0 atom stereocenters. The van der Waals surface area contributed by atoms with Gasteiger partial charge in [-0.3, -0.25) is 23.7 Å². The molecule has 2 aromatic heterocycles. The van der Waals surface area contributed by atoms with Crippen LogP contribution in [0.4, 0.5) is 0 Å². The summed E-state index contributed by atoms with van der Waals surface area (Å²) in [5.74, 6) is 0. The Morgan fingerprint density at radius 3 is 1.78 bits per heavy atom. The van der Waals surface area contributed by atoms with Gasteiger partial charge >= 0.3 is 0 Å². The molecule has 1 aromatic carbocycles. The maximum absolute atomic E-state index is 12.6. The summed E-state index contributed by atoms with van der Waals surface area (Å²) in [6.45, 7) is 0. The second-order valence-corrected chi connectivity index (χ2v) is 5.67. The molecule has 0 aliphatic heterocycles. The van der Waals surface area contributed by atoms with Crippen LogP contribution in [-0.4, -0.2) is 9.13 Å². The van der Waals surface area contributed by atoms with Crippen molar-refractivity contribution < 1.29 is 0 Å². The average molecular weight is 308 g/mol. The Kier molecular flexibility index (Phi) is 2.66. The molecule has 0 saturated carbocycles. The molecule has 0 N–H and O–H groups in total. The van der Waals surface area contributed by atoms with Crippen molar-refractivity contribution in [1.82, 2.24) is 9.13 Å². The molecule has 1 aliphatic carbocycles. The fraction of sp³-hybridized carbons (Fsp3) is 0.176. The van der Waals surface area contributed by atoms with Gasteiger partial charge in [-0.1, -0.05) is 12.2 Å². The molecule has 0 spiro atoms. The highest BCUT2D eigenvalue weighted by molar-refractivity contribution is 5.98. The van der Waals surface area contributed by atoms with Crippen molar-refractivity contribution in [2.75, 3.05) is 0 Å². The SMILES string of the molecule is Cn1c(=O)c2cc3c(=O)n(C4=CCCC=C4)c(=O)c3cc2c1=O. The Hall–Kier alpha value is -3.02. The predicted octanol–water partition coefficient (Wildman–Crippen LogP) is 0.640. The molecule has 3 aromatic rings. The maximum atomic E-state index is 12.6. The van der Waals surface area contributed by atoms with Gasteiger partial charge in [-0.15, -0.1) is 0 Å². The number of rotatable bonds is 1. The molecule has 4 rings (SSSR count). The lowest BCUT2D eigenvalue weighted by Gasteiger charge is -2.05. The monoisotopic (exact) mass is 308 g/mol. The number of allylic oxidation sites excluding steroid dienone is 4. The zero-order valence-electron chi connectivity index (χ0n) is 12.3. The molecular weight excluding hydrogens is 296 g/mol. The van der Waals surface area contributed by atoms with E-state index in [0.717, 1.165) is 22.0 Å². The Balaban J connectivity index is 2.18. The lowest BCUT2D eigenvalue weighted by molar-refractivity contribution is 0.856. The van der Waals surface area contributed by atoms with Gasteiger partial charge in [-0.05, 0) is 31.1 Å². The Bertz CT molecular complexity index is 1170. The molecule has 6 nitrogen and oxygen atoms in total. The number of hydrogen-bond acceptors (Lipinski definition) is 4. The summed E-state index contributed by atoms with van der Waals surface area (Å²) in [5.41, 5.74) is -1.29. The van der Waals surface area contributed by atoms with Crippen LogP contribution in [0.3, 0.4) is 0 Å². The minimum absolute atomic E-state index is 0.171. The van der Waals surface area contributed by atoms with E-state index >= 15 is 0 Å². The van der Waals surface area contributed by atoms with Crippen LogP contribution < -0.4 is 22.2 Å². The minimum atomic E-state index is -0.458. The van der Waals surface area contributed by atoms with Crippen LogP contribution >= 0.6 is 0 Å². The van der Waals surface area contributed by atoms with Crippen molar-refractivity contribution in [3.63, 3.8) is 0 Å². The van der Waals surface area contributed by atoms with Gasteiger partial charge in [0.2, 0.25) is 0 Å². The summed E-state index contributed by atoms with van der Waals surface area (Å²) in [5, 5.41) is 0.690. The third-order valence-corrected chi connectivity index (χ3v) is 4.33. The zero-order valence-corrected chi connectivity index (χ0v) is 12.3. The molecule has 0 bridgehead atoms. The number of fused-ring (bicyclic) bond motifs is 2. The Morgan fingerprint density at radius 1 is 0.783 bits per heavy atom. The largest absolute Gasteiger partial charge is 0.277 e. The van der Waals surface area contributed by atoms with E-state index in [2.05, 4.69) is 0 Å². The van der Waals surface area contributed by atoms with Crippen LogP contribution in [0, 0.1) is 0 Å². The quantitative estimate of drug-likeness (QED) is 0.661. The third kappa shape index (κ3) is 1.69. The molecule has 0 unspecified atom stereocenters. The van der Waals surface area contributed by atoms with Crippen LogP contribution in [0.2, 0.25) is 0 Å². The molecule has 23 heavy (non-hydrogen) atoms. The highest BCUT2D eigenvalue weighted by atomic mass is 16.2. The van der Waals surface area contributed by atoms with Crippen molar-refractivity contribution in [2.24, 2.45) is 7.05 Å². The number of benzene rings is 1. The second-order valence-electron chi connectivity index (χ2n) is 5.67. The fourth-order valence-electron chi connectivity index (χ4n) is 3.09. The smallest absolute Gasteiger partial charge is 0.266 e. The maximum Gasteiger partial charge on any atom is 0.266 e. The van der Waals surface area contributed by atoms with Crippen molar-refractivity contribution in [2.45, 2.75) is 12.8 Å². The second kappa shape index (κ2) is 4.49. The summed E-state index contributed by atoms with van der Waals surface area (Å²) < 4.78 is 2.09. The van der Waals surface area contributed by atoms with Crippen molar-refractivity contribution in [1.29, 1.82) is 0 Å².